The van der Waals surface area contributed by atoms with Crippen molar-refractivity contribution in [3.8, 4) is 5.69 Å². The second-order valence-corrected chi connectivity index (χ2v) is 4.22. The molecule has 2 aromatic rings. The number of carbonyl (C=O) groups excluding carboxylic acids is 1. The van der Waals surface area contributed by atoms with E-state index in [0.717, 1.165) is 5.69 Å². The smallest absolute Gasteiger partial charge is 0.427 e. The van der Waals surface area contributed by atoms with Crippen molar-refractivity contribution in [2.45, 2.75) is 13.8 Å². The molecule has 0 radical (unpaired) electrons. The predicted molar refractivity (Wildman–Crippen MR) is 78.9 cm³/mol. The second kappa shape index (κ2) is 6.56. The van der Waals surface area contributed by atoms with E-state index < -0.39 is 6.09 Å². The largest absolute Gasteiger partial charge is 0.449 e. The minimum Gasteiger partial charge on any atom is -0.449 e. The number of aryl methyl sites for hydroxylation is 1. The van der Waals surface area contributed by atoms with E-state index in [4.69, 9.17) is 0 Å². The highest BCUT2D eigenvalue weighted by atomic mass is 16.5. The Labute approximate surface area is 121 Å². The number of rotatable bonds is 4. The summed E-state index contributed by atoms with van der Waals surface area (Å²) >= 11 is 0. The molecule has 0 aliphatic rings. The fraction of sp³-hybridized carbons (Fsp3) is 0.214. The molecular formula is C14H16N4O3. The van der Waals surface area contributed by atoms with Gasteiger partial charge >= 0.3 is 6.09 Å². The van der Waals surface area contributed by atoms with Gasteiger partial charge in [-0.15, -0.1) is 0 Å². The lowest BCUT2D eigenvalue weighted by Crippen LogP contribution is -2.20. The van der Waals surface area contributed by atoms with Crippen molar-refractivity contribution < 1.29 is 9.53 Å². The third kappa shape index (κ3) is 3.38. The molecule has 0 aliphatic heterocycles. The highest BCUT2D eigenvalue weighted by Crippen LogP contribution is 2.05. The van der Waals surface area contributed by atoms with Gasteiger partial charge in [0.05, 0.1) is 24.1 Å². The molecular weight excluding hydrogens is 272 g/mol. The number of para-hydroxylation sites is 1. The van der Waals surface area contributed by atoms with Crippen LogP contribution in [0.5, 0.6) is 0 Å². The monoisotopic (exact) mass is 288 g/mol. The first-order chi connectivity index (χ1) is 10.1. The Hall–Kier alpha value is -2.83. The van der Waals surface area contributed by atoms with Crippen LogP contribution in [0.15, 0.2) is 40.2 Å². The highest BCUT2D eigenvalue weighted by molar-refractivity contribution is 5.81. The molecule has 0 unspecified atom stereocenters. The standard InChI is InChI=1S/C14H16N4O3/c1-3-21-14(20)16-15-9-12-10(2)17-18(13(12)19)11-7-5-4-6-8-11/h4-9,17H,3H2,1-2H3,(H,16,20). The molecule has 1 heterocycles. The maximum Gasteiger partial charge on any atom is 0.427 e. The third-order valence-electron chi connectivity index (χ3n) is 2.76. The van der Waals surface area contributed by atoms with E-state index in [1.165, 1.54) is 10.9 Å². The van der Waals surface area contributed by atoms with Gasteiger partial charge in [-0.05, 0) is 26.0 Å². The SMILES string of the molecule is CCOC(=O)NN=Cc1c(C)[nH]n(-c2ccccc2)c1=O. The van der Waals surface area contributed by atoms with Crippen LogP contribution >= 0.6 is 0 Å². The van der Waals surface area contributed by atoms with Crippen LogP contribution in [-0.2, 0) is 4.74 Å². The van der Waals surface area contributed by atoms with Crippen molar-refractivity contribution in [2.75, 3.05) is 6.61 Å². The summed E-state index contributed by atoms with van der Waals surface area (Å²) in [5.41, 5.74) is 3.69. The molecule has 7 nitrogen and oxygen atoms in total. The van der Waals surface area contributed by atoms with Gasteiger partial charge in [0.1, 0.15) is 0 Å². The van der Waals surface area contributed by atoms with Gasteiger partial charge in [-0.3, -0.25) is 9.89 Å². The van der Waals surface area contributed by atoms with Gasteiger partial charge in [-0.2, -0.15) is 5.10 Å². The fourth-order valence-electron chi connectivity index (χ4n) is 1.78. The van der Waals surface area contributed by atoms with E-state index in [0.29, 0.717) is 11.3 Å². The second-order valence-electron chi connectivity index (χ2n) is 4.22. The van der Waals surface area contributed by atoms with Gasteiger partial charge in [-0.25, -0.2) is 14.9 Å². The lowest BCUT2D eigenvalue weighted by Gasteiger charge is -1.99. The summed E-state index contributed by atoms with van der Waals surface area (Å²) in [7, 11) is 0. The van der Waals surface area contributed by atoms with E-state index in [1.807, 2.05) is 30.3 Å². The molecule has 1 amide bonds. The summed E-state index contributed by atoms with van der Waals surface area (Å²) in [5.74, 6) is 0. The first-order valence-corrected chi connectivity index (χ1v) is 6.46. The molecule has 2 N–H and O–H groups in total. The van der Waals surface area contributed by atoms with Gasteiger partial charge < -0.3 is 4.74 Å². The van der Waals surface area contributed by atoms with Crippen LogP contribution in [0.3, 0.4) is 0 Å². The first kappa shape index (κ1) is 14.6. The van der Waals surface area contributed by atoms with Crippen molar-refractivity contribution >= 4 is 12.3 Å². The third-order valence-corrected chi connectivity index (χ3v) is 2.76. The van der Waals surface area contributed by atoms with Gasteiger partial charge in [0, 0.05) is 5.69 Å². The zero-order chi connectivity index (χ0) is 15.2. The number of amides is 1. The van der Waals surface area contributed by atoms with Crippen molar-refractivity contribution in [2.24, 2.45) is 5.10 Å². The molecule has 1 aromatic carbocycles. The van der Waals surface area contributed by atoms with Crippen LogP contribution < -0.4 is 11.0 Å². The average molecular weight is 288 g/mol. The Morgan fingerprint density at radius 3 is 2.81 bits per heavy atom. The zero-order valence-corrected chi connectivity index (χ0v) is 11.8. The summed E-state index contributed by atoms with van der Waals surface area (Å²) in [6, 6.07) is 9.18. The predicted octanol–water partition coefficient (Wildman–Crippen LogP) is 1.55. The van der Waals surface area contributed by atoms with E-state index in [2.05, 4.69) is 20.4 Å². The minimum absolute atomic E-state index is 0.242. The topological polar surface area (TPSA) is 88.5 Å². The molecule has 7 heteroatoms. The number of H-pyrrole nitrogens is 1. The molecule has 0 saturated carbocycles. The van der Waals surface area contributed by atoms with Crippen LogP contribution in [0.2, 0.25) is 0 Å². The van der Waals surface area contributed by atoms with Crippen LogP contribution in [-0.4, -0.2) is 28.7 Å². The molecule has 2 rings (SSSR count). The Morgan fingerprint density at radius 1 is 1.43 bits per heavy atom. The number of hydrazone groups is 1. The van der Waals surface area contributed by atoms with Crippen LogP contribution in [0.1, 0.15) is 18.2 Å². The van der Waals surface area contributed by atoms with Crippen LogP contribution in [0, 0.1) is 6.92 Å². The molecule has 1 aromatic heterocycles. The number of benzene rings is 1. The fourth-order valence-corrected chi connectivity index (χ4v) is 1.78. The molecule has 0 spiro atoms. The number of nitrogens with zero attached hydrogens (tertiary/aromatic N) is 2. The van der Waals surface area contributed by atoms with Crippen LogP contribution in [0.25, 0.3) is 5.69 Å². The number of aromatic amines is 1. The van der Waals surface area contributed by atoms with Gasteiger partial charge in [0.25, 0.3) is 5.56 Å². The normalized spacial score (nSPS) is 10.8. The van der Waals surface area contributed by atoms with Crippen molar-refractivity contribution in [3.05, 3.63) is 51.9 Å². The Kier molecular flexibility index (Phi) is 4.55. The van der Waals surface area contributed by atoms with E-state index in [9.17, 15) is 9.59 Å². The number of hydrogen-bond donors (Lipinski definition) is 2. The Morgan fingerprint density at radius 2 is 2.14 bits per heavy atom. The van der Waals surface area contributed by atoms with E-state index in [1.54, 1.807) is 13.8 Å². The van der Waals surface area contributed by atoms with Crippen LogP contribution in [0.4, 0.5) is 4.79 Å². The lowest BCUT2D eigenvalue weighted by atomic mass is 10.3. The van der Waals surface area contributed by atoms with Gasteiger partial charge in [0.15, 0.2) is 0 Å². The van der Waals surface area contributed by atoms with Crippen molar-refractivity contribution in [1.29, 1.82) is 0 Å². The number of ether oxygens (including phenoxy) is 1. The number of carbonyl (C=O) groups is 1. The molecule has 21 heavy (non-hydrogen) atoms. The average Bonchev–Trinajstić information content (AvgIpc) is 2.76. The number of aromatic nitrogens is 2. The molecule has 0 atom stereocenters. The summed E-state index contributed by atoms with van der Waals surface area (Å²) < 4.78 is 6.08. The quantitative estimate of drug-likeness (QED) is 0.661. The molecule has 0 bridgehead atoms. The minimum atomic E-state index is -0.662. The van der Waals surface area contributed by atoms with Gasteiger partial charge in [-0.1, -0.05) is 18.2 Å². The van der Waals surface area contributed by atoms with Crippen molar-refractivity contribution in [1.82, 2.24) is 15.2 Å². The summed E-state index contributed by atoms with van der Waals surface area (Å²) in [6.45, 7) is 3.70. The van der Waals surface area contributed by atoms with E-state index >= 15 is 0 Å². The molecule has 0 fully saturated rings. The number of hydrogen-bond acceptors (Lipinski definition) is 4. The maximum absolute atomic E-state index is 12.3. The summed E-state index contributed by atoms with van der Waals surface area (Å²) in [5, 5.41) is 6.67. The zero-order valence-electron chi connectivity index (χ0n) is 11.8. The summed E-state index contributed by atoms with van der Waals surface area (Å²) in [6.07, 6.45) is 0.634. The highest BCUT2D eigenvalue weighted by Gasteiger charge is 2.10. The lowest BCUT2D eigenvalue weighted by molar-refractivity contribution is 0.152. The summed E-state index contributed by atoms with van der Waals surface area (Å²) in [4.78, 5) is 23.4. The number of nitrogens with one attached hydrogen (secondary N) is 2. The Bertz CT molecular complexity index is 701. The molecule has 0 saturated heterocycles. The first-order valence-electron chi connectivity index (χ1n) is 6.46. The van der Waals surface area contributed by atoms with Gasteiger partial charge in [0.2, 0.25) is 0 Å². The molecule has 110 valence electrons. The maximum atomic E-state index is 12.3. The Balaban J connectivity index is 2.23. The van der Waals surface area contributed by atoms with Crippen molar-refractivity contribution in [3.63, 3.8) is 0 Å². The molecule has 0 aliphatic carbocycles. The van der Waals surface area contributed by atoms with E-state index in [-0.39, 0.29) is 12.2 Å².